The van der Waals surface area contributed by atoms with Crippen LogP contribution in [0.2, 0.25) is 0 Å². The van der Waals surface area contributed by atoms with E-state index in [2.05, 4.69) is 20.0 Å². The third kappa shape index (κ3) is 5.62. The van der Waals surface area contributed by atoms with Crippen molar-refractivity contribution in [3.8, 4) is 0 Å². The van der Waals surface area contributed by atoms with Crippen molar-refractivity contribution in [3.05, 3.63) is 85.8 Å². The fourth-order valence-electron chi connectivity index (χ4n) is 2.82. The number of nitro benzene ring substituents is 2. The smallest absolute Gasteiger partial charge is 0.277 e. The number of hydrogen-bond acceptors (Lipinski definition) is 9. The van der Waals surface area contributed by atoms with Crippen molar-refractivity contribution in [2.45, 2.75) is 18.7 Å². The largest absolute Gasteiger partial charge is 0.322 e. The highest BCUT2D eigenvalue weighted by Crippen LogP contribution is 2.24. The first-order valence-electron chi connectivity index (χ1n) is 9.15. The lowest BCUT2D eigenvalue weighted by Gasteiger charge is -2.10. The van der Waals surface area contributed by atoms with Gasteiger partial charge in [-0.2, -0.15) is 0 Å². The standard InChI is InChI=1S/C19H16N6O7S/c1-11-7-18(21-12(2)20-11)23-33(31,32)17-5-3-14(4-6-17)22-19(26)13-8-15(24(27)28)10-16(9-13)25(29)30/h3-10H,1-2H3,(H,22,26)(H,20,21,23). The number of nitrogens with zero attached hydrogens (tertiary/aromatic N) is 4. The molecular formula is C19H16N6O7S. The van der Waals surface area contributed by atoms with Crippen LogP contribution in [0.5, 0.6) is 0 Å². The van der Waals surface area contributed by atoms with Gasteiger partial charge < -0.3 is 5.32 Å². The van der Waals surface area contributed by atoms with Gasteiger partial charge in [-0.1, -0.05) is 0 Å². The van der Waals surface area contributed by atoms with Crippen molar-refractivity contribution in [1.29, 1.82) is 0 Å². The minimum atomic E-state index is -3.98. The van der Waals surface area contributed by atoms with E-state index in [-0.39, 0.29) is 22.0 Å². The van der Waals surface area contributed by atoms with Crippen LogP contribution in [-0.4, -0.2) is 34.1 Å². The number of non-ortho nitro benzene ring substituents is 2. The van der Waals surface area contributed by atoms with E-state index < -0.39 is 37.2 Å². The van der Waals surface area contributed by atoms with Crippen LogP contribution in [-0.2, 0) is 10.0 Å². The molecule has 0 aliphatic heterocycles. The number of carbonyl (C=O) groups is 1. The highest BCUT2D eigenvalue weighted by molar-refractivity contribution is 7.92. The molecule has 1 heterocycles. The predicted molar refractivity (Wildman–Crippen MR) is 116 cm³/mol. The molecule has 170 valence electrons. The number of benzene rings is 2. The van der Waals surface area contributed by atoms with Crippen molar-refractivity contribution >= 4 is 38.8 Å². The quantitative estimate of drug-likeness (QED) is 0.385. The first-order chi connectivity index (χ1) is 15.4. The molecule has 14 heteroatoms. The molecule has 13 nitrogen and oxygen atoms in total. The summed E-state index contributed by atoms with van der Waals surface area (Å²) in [6.07, 6.45) is 0. The highest BCUT2D eigenvalue weighted by Gasteiger charge is 2.20. The van der Waals surface area contributed by atoms with E-state index in [1.54, 1.807) is 13.8 Å². The summed E-state index contributed by atoms with van der Waals surface area (Å²) >= 11 is 0. The highest BCUT2D eigenvalue weighted by atomic mass is 32.2. The molecule has 1 aromatic heterocycles. The number of anilines is 2. The van der Waals surface area contributed by atoms with Crippen LogP contribution in [0.15, 0.2) is 53.4 Å². The van der Waals surface area contributed by atoms with Crippen molar-refractivity contribution in [2.75, 3.05) is 10.0 Å². The van der Waals surface area contributed by atoms with E-state index in [0.717, 1.165) is 18.2 Å². The van der Waals surface area contributed by atoms with Crippen molar-refractivity contribution < 1.29 is 23.1 Å². The van der Waals surface area contributed by atoms with E-state index in [9.17, 15) is 33.4 Å². The molecule has 1 amide bonds. The lowest BCUT2D eigenvalue weighted by atomic mass is 10.1. The summed E-state index contributed by atoms with van der Waals surface area (Å²) < 4.78 is 27.5. The summed E-state index contributed by atoms with van der Waals surface area (Å²) in [4.78, 5) is 40.7. The van der Waals surface area contributed by atoms with E-state index in [1.807, 2.05) is 0 Å². The van der Waals surface area contributed by atoms with Gasteiger partial charge >= 0.3 is 0 Å². The topological polar surface area (TPSA) is 187 Å². The zero-order valence-electron chi connectivity index (χ0n) is 17.2. The lowest BCUT2D eigenvalue weighted by molar-refractivity contribution is -0.394. The fourth-order valence-corrected chi connectivity index (χ4v) is 3.82. The molecule has 0 fully saturated rings. The molecule has 0 aliphatic rings. The maximum absolute atomic E-state index is 12.6. The molecule has 33 heavy (non-hydrogen) atoms. The Kier molecular flexibility index (Phi) is 6.30. The molecule has 2 N–H and O–H groups in total. The Balaban J connectivity index is 1.80. The minimum Gasteiger partial charge on any atom is -0.322 e. The van der Waals surface area contributed by atoms with Crippen LogP contribution in [0, 0.1) is 34.1 Å². The molecule has 0 bridgehead atoms. The average Bonchev–Trinajstić information content (AvgIpc) is 2.72. The normalized spacial score (nSPS) is 11.0. The van der Waals surface area contributed by atoms with E-state index in [0.29, 0.717) is 11.5 Å². The third-order valence-electron chi connectivity index (χ3n) is 4.21. The Morgan fingerprint density at radius 1 is 0.909 bits per heavy atom. The van der Waals surface area contributed by atoms with Gasteiger partial charge in [0.15, 0.2) is 0 Å². The summed E-state index contributed by atoms with van der Waals surface area (Å²) in [5, 5.41) is 24.4. The van der Waals surface area contributed by atoms with Gasteiger partial charge in [-0.05, 0) is 38.1 Å². The fraction of sp³-hybridized carbons (Fsp3) is 0.105. The van der Waals surface area contributed by atoms with Crippen LogP contribution in [0.4, 0.5) is 22.9 Å². The second-order valence-electron chi connectivity index (χ2n) is 6.78. The summed E-state index contributed by atoms with van der Waals surface area (Å²) in [5.74, 6) is -0.348. The van der Waals surface area contributed by atoms with Gasteiger partial charge in [0.2, 0.25) is 0 Å². The molecule has 0 aliphatic carbocycles. The van der Waals surface area contributed by atoms with Crippen LogP contribution in [0.3, 0.4) is 0 Å². The van der Waals surface area contributed by atoms with Crippen LogP contribution < -0.4 is 10.0 Å². The summed E-state index contributed by atoms with van der Waals surface area (Å²) in [6.45, 7) is 3.32. The number of aromatic nitrogens is 2. The number of rotatable bonds is 7. The summed E-state index contributed by atoms with van der Waals surface area (Å²) in [6, 6.07) is 9.07. The Morgan fingerprint density at radius 2 is 1.48 bits per heavy atom. The molecule has 3 aromatic rings. The minimum absolute atomic E-state index is 0.102. The van der Waals surface area contributed by atoms with Crippen molar-refractivity contribution in [3.63, 3.8) is 0 Å². The molecule has 0 saturated heterocycles. The Bertz CT molecular complexity index is 1320. The molecule has 0 atom stereocenters. The van der Waals surface area contributed by atoms with Gasteiger partial charge in [-0.25, -0.2) is 18.4 Å². The average molecular weight is 472 g/mol. The lowest BCUT2D eigenvalue weighted by Crippen LogP contribution is -2.15. The van der Waals surface area contributed by atoms with E-state index in [4.69, 9.17) is 0 Å². The Morgan fingerprint density at radius 3 is 2.00 bits per heavy atom. The maximum Gasteiger partial charge on any atom is 0.277 e. The summed E-state index contributed by atoms with van der Waals surface area (Å²) in [5.41, 5.74) is -0.778. The van der Waals surface area contributed by atoms with Gasteiger partial charge in [-0.15, -0.1) is 0 Å². The molecule has 2 aromatic carbocycles. The van der Waals surface area contributed by atoms with E-state index in [1.165, 1.54) is 30.3 Å². The van der Waals surface area contributed by atoms with Crippen LogP contribution in [0.1, 0.15) is 21.9 Å². The molecule has 0 radical (unpaired) electrons. The van der Waals surface area contributed by atoms with Gasteiger partial charge in [-0.3, -0.25) is 29.7 Å². The van der Waals surface area contributed by atoms with E-state index >= 15 is 0 Å². The van der Waals surface area contributed by atoms with Gasteiger partial charge in [0.1, 0.15) is 11.6 Å². The summed E-state index contributed by atoms with van der Waals surface area (Å²) in [7, 11) is -3.98. The van der Waals surface area contributed by atoms with Gasteiger partial charge in [0, 0.05) is 29.6 Å². The third-order valence-corrected chi connectivity index (χ3v) is 5.58. The molecule has 0 saturated carbocycles. The number of amides is 1. The van der Waals surface area contributed by atoms with Crippen LogP contribution >= 0.6 is 0 Å². The first-order valence-corrected chi connectivity index (χ1v) is 10.6. The monoisotopic (exact) mass is 472 g/mol. The van der Waals surface area contributed by atoms with Gasteiger partial charge in [0.25, 0.3) is 27.3 Å². The number of sulfonamides is 1. The number of nitrogens with one attached hydrogen (secondary N) is 2. The first kappa shape index (κ1) is 23.2. The number of aryl methyl sites for hydroxylation is 2. The van der Waals surface area contributed by atoms with Crippen molar-refractivity contribution in [2.24, 2.45) is 0 Å². The Hall–Kier alpha value is -4.46. The second kappa shape index (κ2) is 8.96. The van der Waals surface area contributed by atoms with Gasteiger partial charge in [0.05, 0.1) is 26.4 Å². The van der Waals surface area contributed by atoms with Crippen LogP contribution in [0.25, 0.3) is 0 Å². The number of nitro groups is 2. The number of hydrogen-bond donors (Lipinski definition) is 2. The molecular weight excluding hydrogens is 456 g/mol. The Labute approximate surface area is 186 Å². The SMILES string of the molecule is Cc1cc(NS(=O)(=O)c2ccc(NC(=O)c3cc([N+](=O)[O-])cc([N+](=O)[O-])c3)cc2)nc(C)n1. The number of carbonyl (C=O) groups excluding carboxylic acids is 1. The zero-order valence-corrected chi connectivity index (χ0v) is 18.0. The predicted octanol–water partition coefficient (Wildman–Crippen LogP) is 2.96. The molecule has 0 unspecified atom stereocenters. The molecule has 0 spiro atoms. The molecule has 3 rings (SSSR count). The van der Waals surface area contributed by atoms with Crippen molar-refractivity contribution in [1.82, 2.24) is 9.97 Å². The maximum atomic E-state index is 12.6. The second-order valence-corrected chi connectivity index (χ2v) is 8.46. The zero-order chi connectivity index (χ0) is 24.3.